The minimum atomic E-state index is 0.401. The molecule has 1 saturated heterocycles. The molecule has 3 atom stereocenters. The Labute approximate surface area is 122 Å². The van der Waals surface area contributed by atoms with E-state index >= 15 is 0 Å². The Morgan fingerprint density at radius 1 is 1.45 bits per heavy atom. The van der Waals surface area contributed by atoms with Gasteiger partial charge in [0.2, 0.25) is 0 Å². The van der Waals surface area contributed by atoms with Gasteiger partial charge in [0, 0.05) is 24.6 Å². The summed E-state index contributed by atoms with van der Waals surface area (Å²) in [4.78, 5) is 0. The highest BCUT2D eigenvalue weighted by Gasteiger charge is 2.29. The molecule has 1 aliphatic heterocycles. The predicted octanol–water partition coefficient (Wildman–Crippen LogP) is 2.80. The number of hydrogen-bond acceptors (Lipinski definition) is 3. The monoisotopic (exact) mass is 279 g/mol. The molecule has 1 aromatic rings. The molecular formula is C16H29N3O. The van der Waals surface area contributed by atoms with Gasteiger partial charge in [0.15, 0.2) is 0 Å². The Hall–Kier alpha value is -0.870. The van der Waals surface area contributed by atoms with Gasteiger partial charge in [-0.15, -0.1) is 0 Å². The topological polar surface area (TPSA) is 39.1 Å². The number of nitrogens with one attached hydrogen (secondary N) is 1. The van der Waals surface area contributed by atoms with Gasteiger partial charge in [-0.1, -0.05) is 13.8 Å². The van der Waals surface area contributed by atoms with Crippen molar-refractivity contribution in [2.45, 2.75) is 64.6 Å². The third kappa shape index (κ3) is 3.61. The second kappa shape index (κ2) is 7.23. The number of rotatable bonds is 7. The summed E-state index contributed by atoms with van der Waals surface area (Å²) in [5, 5.41) is 8.22. The first-order chi connectivity index (χ1) is 9.67. The first-order valence-electron chi connectivity index (χ1n) is 8.00. The molecule has 0 aliphatic carbocycles. The van der Waals surface area contributed by atoms with Crippen LogP contribution in [0.1, 0.15) is 51.8 Å². The molecule has 3 unspecified atom stereocenters. The third-order valence-electron chi connectivity index (χ3n) is 4.58. The van der Waals surface area contributed by atoms with Crippen LogP contribution in [0, 0.1) is 5.92 Å². The number of nitrogens with zero attached hydrogens (tertiary/aromatic N) is 2. The summed E-state index contributed by atoms with van der Waals surface area (Å²) < 4.78 is 7.83. The van der Waals surface area contributed by atoms with Gasteiger partial charge in [-0.05, 0) is 39.3 Å². The quantitative estimate of drug-likeness (QED) is 0.834. The van der Waals surface area contributed by atoms with E-state index in [0.717, 1.165) is 32.3 Å². The third-order valence-corrected chi connectivity index (χ3v) is 4.58. The molecule has 0 bridgehead atoms. The van der Waals surface area contributed by atoms with Crippen molar-refractivity contribution < 1.29 is 4.74 Å². The Kier molecular flexibility index (Phi) is 5.61. The van der Waals surface area contributed by atoms with Gasteiger partial charge in [-0.25, -0.2) is 0 Å². The minimum absolute atomic E-state index is 0.401. The molecule has 2 heterocycles. The molecule has 1 fully saturated rings. The first-order valence-corrected chi connectivity index (χ1v) is 8.00. The zero-order valence-corrected chi connectivity index (χ0v) is 13.3. The summed E-state index contributed by atoms with van der Waals surface area (Å²) in [6, 6.07) is 3.17. The summed E-state index contributed by atoms with van der Waals surface area (Å²) in [7, 11) is 2.05. The van der Waals surface area contributed by atoms with Crippen molar-refractivity contribution in [3.8, 4) is 0 Å². The Balaban J connectivity index is 1.97. The molecule has 1 aliphatic rings. The number of aromatic nitrogens is 2. The standard InChI is InChI=1S/C16H29N3O/c1-5-15(6-2)19-8-7-14(18-19)10-16(17-4)13-9-12(3)20-11-13/h7-8,12-13,15-17H,5-6,9-11H2,1-4H3. The lowest BCUT2D eigenvalue weighted by molar-refractivity contribution is 0.117. The summed E-state index contributed by atoms with van der Waals surface area (Å²) in [6.07, 6.45) is 6.96. The molecule has 4 nitrogen and oxygen atoms in total. The molecule has 114 valence electrons. The van der Waals surface area contributed by atoms with Crippen LogP contribution in [-0.4, -0.2) is 35.6 Å². The van der Waals surface area contributed by atoms with E-state index in [0.29, 0.717) is 24.1 Å². The average molecular weight is 279 g/mol. The number of likely N-dealkylation sites (N-methyl/N-ethyl adjacent to an activating group) is 1. The largest absolute Gasteiger partial charge is 0.378 e. The van der Waals surface area contributed by atoms with Crippen LogP contribution in [0.5, 0.6) is 0 Å². The van der Waals surface area contributed by atoms with Crippen molar-refractivity contribution in [2.75, 3.05) is 13.7 Å². The van der Waals surface area contributed by atoms with Gasteiger partial charge >= 0.3 is 0 Å². The Bertz CT molecular complexity index is 400. The van der Waals surface area contributed by atoms with E-state index in [1.54, 1.807) is 0 Å². The van der Waals surface area contributed by atoms with Crippen LogP contribution in [0.2, 0.25) is 0 Å². The average Bonchev–Trinajstić information content (AvgIpc) is 3.07. The molecule has 20 heavy (non-hydrogen) atoms. The van der Waals surface area contributed by atoms with Crippen LogP contribution < -0.4 is 5.32 Å². The van der Waals surface area contributed by atoms with E-state index in [4.69, 9.17) is 9.84 Å². The van der Waals surface area contributed by atoms with Crippen molar-refractivity contribution in [1.29, 1.82) is 0 Å². The van der Waals surface area contributed by atoms with E-state index in [2.05, 4.69) is 43.0 Å². The number of hydrogen-bond donors (Lipinski definition) is 1. The SMILES string of the molecule is CCC(CC)n1ccc(CC(NC)C2COC(C)C2)n1. The van der Waals surface area contributed by atoms with Crippen molar-refractivity contribution in [2.24, 2.45) is 5.92 Å². The van der Waals surface area contributed by atoms with Crippen LogP contribution in [0.3, 0.4) is 0 Å². The van der Waals surface area contributed by atoms with Gasteiger partial charge in [0.1, 0.15) is 0 Å². The summed E-state index contributed by atoms with van der Waals surface area (Å²) in [6.45, 7) is 7.49. The maximum absolute atomic E-state index is 5.70. The molecule has 0 aromatic carbocycles. The molecule has 0 spiro atoms. The highest BCUT2D eigenvalue weighted by atomic mass is 16.5. The lowest BCUT2D eigenvalue weighted by Gasteiger charge is -2.21. The van der Waals surface area contributed by atoms with Gasteiger partial charge in [-0.2, -0.15) is 5.10 Å². The van der Waals surface area contributed by atoms with Crippen molar-refractivity contribution >= 4 is 0 Å². The summed E-state index contributed by atoms with van der Waals surface area (Å²) in [5.74, 6) is 0.605. The smallest absolute Gasteiger partial charge is 0.0640 e. The zero-order chi connectivity index (χ0) is 14.5. The fourth-order valence-electron chi connectivity index (χ4n) is 3.21. The summed E-state index contributed by atoms with van der Waals surface area (Å²) >= 11 is 0. The normalized spacial score (nSPS) is 24.4. The number of ether oxygens (including phenoxy) is 1. The highest BCUT2D eigenvalue weighted by molar-refractivity contribution is 5.03. The van der Waals surface area contributed by atoms with E-state index in [-0.39, 0.29) is 0 Å². The first kappa shape index (κ1) is 15.5. The Morgan fingerprint density at radius 2 is 2.20 bits per heavy atom. The molecule has 0 radical (unpaired) electrons. The van der Waals surface area contributed by atoms with E-state index in [9.17, 15) is 0 Å². The molecule has 1 aromatic heterocycles. The predicted molar refractivity (Wildman–Crippen MR) is 81.9 cm³/mol. The van der Waals surface area contributed by atoms with Gasteiger partial charge < -0.3 is 10.1 Å². The van der Waals surface area contributed by atoms with Crippen LogP contribution in [-0.2, 0) is 11.2 Å². The lowest BCUT2D eigenvalue weighted by atomic mass is 9.93. The molecule has 4 heteroatoms. The molecule has 1 N–H and O–H groups in total. The molecule has 0 saturated carbocycles. The molecule has 2 rings (SSSR count). The van der Waals surface area contributed by atoms with Crippen molar-refractivity contribution in [3.05, 3.63) is 18.0 Å². The van der Waals surface area contributed by atoms with Gasteiger partial charge in [-0.3, -0.25) is 4.68 Å². The van der Waals surface area contributed by atoms with Crippen LogP contribution in [0.25, 0.3) is 0 Å². The maximum Gasteiger partial charge on any atom is 0.0640 e. The van der Waals surface area contributed by atoms with Crippen LogP contribution in [0.15, 0.2) is 12.3 Å². The highest BCUT2D eigenvalue weighted by Crippen LogP contribution is 2.24. The Morgan fingerprint density at radius 3 is 2.75 bits per heavy atom. The molecular weight excluding hydrogens is 250 g/mol. The minimum Gasteiger partial charge on any atom is -0.378 e. The lowest BCUT2D eigenvalue weighted by Crippen LogP contribution is -2.36. The van der Waals surface area contributed by atoms with E-state index in [1.165, 1.54) is 5.69 Å². The van der Waals surface area contributed by atoms with E-state index in [1.807, 2.05) is 7.05 Å². The van der Waals surface area contributed by atoms with Gasteiger partial charge in [0.05, 0.1) is 24.4 Å². The van der Waals surface area contributed by atoms with Crippen LogP contribution in [0.4, 0.5) is 0 Å². The molecule has 0 amide bonds. The van der Waals surface area contributed by atoms with Crippen molar-refractivity contribution in [1.82, 2.24) is 15.1 Å². The maximum atomic E-state index is 5.70. The van der Waals surface area contributed by atoms with Gasteiger partial charge in [0.25, 0.3) is 0 Å². The fourth-order valence-corrected chi connectivity index (χ4v) is 3.21. The zero-order valence-electron chi connectivity index (χ0n) is 13.3. The van der Waals surface area contributed by atoms with Crippen LogP contribution >= 0.6 is 0 Å². The van der Waals surface area contributed by atoms with E-state index < -0.39 is 0 Å². The second-order valence-electron chi connectivity index (χ2n) is 6.00. The van der Waals surface area contributed by atoms with Crippen molar-refractivity contribution in [3.63, 3.8) is 0 Å². The second-order valence-corrected chi connectivity index (χ2v) is 6.00. The summed E-state index contributed by atoms with van der Waals surface area (Å²) in [5.41, 5.74) is 1.19. The fraction of sp³-hybridized carbons (Fsp3) is 0.812.